The van der Waals surface area contributed by atoms with Gasteiger partial charge < -0.3 is 9.47 Å². The third kappa shape index (κ3) is 3.18. The smallest absolute Gasteiger partial charge is 0.221 e. The van der Waals surface area contributed by atoms with Gasteiger partial charge in [-0.15, -0.1) is 0 Å². The first-order valence-corrected chi connectivity index (χ1v) is 9.29. The van der Waals surface area contributed by atoms with Gasteiger partial charge in [0, 0.05) is 5.56 Å². The van der Waals surface area contributed by atoms with Crippen molar-refractivity contribution >= 4 is 16.7 Å². The highest BCUT2D eigenvalue weighted by Crippen LogP contribution is 2.40. The molecule has 3 heteroatoms. The first-order valence-electron chi connectivity index (χ1n) is 9.29. The Morgan fingerprint density at radius 1 is 0.963 bits per heavy atom. The van der Waals surface area contributed by atoms with Crippen molar-refractivity contribution in [2.75, 3.05) is 13.7 Å². The van der Waals surface area contributed by atoms with E-state index < -0.39 is 0 Å². The number of benzene rings is 3. The van der Waals surface area contributed by atoms with Crippen molar-refractivity contribution in [3.63, 3.8) is 0 Å². The van der Waals surface area contributed by atoms with E-state index in [9.17, 15) is 0 Å². The van der Waals surface area contributed by atoms with Crippen LogP contribution in [0.3, 0.4) is 0 Å². The summed E-state index contributed by atoms with van der Waals surface area (Å²) in [4.78, 5) is 4.85. The summed E-state index contributed by atoms with van der Waals surface area (Å²) in [6.07, 6.45) is 0. The number of rotatable bonds is 3. The minimum Gasteiger partial charge on any atom is -0.496 e. The molecule has 0 unspecified atom stereocenters. The van der Waals surface area contributed by atoms with Gasteiger partial charge in [-0.3, -0.25) is 0 Å². The molecule has 0 saturated heterocycles. The summed E-state index contributed by atoms with van der Waals surface area (Å²) >= 11 is 0. The van der Waals surface area contributed by atoms with Crippen molar-refractivity contribution < 1.29 is 9.47 Å². The van der Waals surface area contributed by atoms with Gasteiger partial charge in [0.2, 0.25) is 5.90 Å². The van der Waals surface area contributed by atoms with Crippen LogP contribution in [0.5, 0.6) is 5.75 Å². The van der Waals surface area contributed by atoms with E-state index in [0.29, 0.717) is 12.5 Å². The fourth-order valence-corrected chi connectivity index (χ4v) is 3.83. The van der Waals surface area contributed by atoms with Gasteiger partial charge >= 0.3 is 0 Å². The Bertz CT molecular complexity index is 1040. The van der Waals surface area contributed by atoms with Gasteiger partial charge in [-0.2, -0.15) is 0 Å². The standard InChI is InChI=1S/C24H25NO2/c1-15-10-16(2)12-18(11-15)21-19-9-7-6-8-17(19)13-20(26-5)22(21)23-25-24(3,4)14-27-23/h6-13H,14H2,1-5H3. The molecule has 1 aliphatic rings. The summed E-state index contributed by atoms with van der Waals surface area (Å²) in [6, 6.07) is 17.1. The molecule has 0 spiro atoms. The summed E-state index contributed by atoms with van der Waals surface area (Å²) in [5.41, 5.74) is 5.45. The molecule has 0 fully saturated rings. The van der Waals surface area contributed by atoms with Crippen molar-refractivity contribution in [2.24, 2.45) is 4.99 Å². The molecule has 0 N–H and O–H groups in total. The molecule has 0 radical (unpaired) electrons. The Hall–Kier alpha value is -2.81. The minimum atomic E-state index is -0.230. The van der Waals surface area contributed by atoms with Gasteiger partial charge in [0.05, 0.1) is 18.2 Å². The van der Waals surface area contributed by atoms with E-state index in [-0.39, 0.29) is 5.54 Å². The number of hydrogen-bond acceptors (Lipinski definition) is 3. The first-order chi connectivity index (χ1) is 12.9. The molecule has 27 heavy (non-hydrogen) atoms. The van der Waals surface area contributed by atoms with Crippen LogP contribution in [0.2, 0.25) is 0 Å². The third-order valence-electron chi connectivity index (χ3n) is 4.92. The highest BCUT2D eigenvalue weighted by atomic mass is 16.5. The summed E-state index contributed by atoms with van der Waals surface area (Å²) in [6.45, 7) is 9.01. The number of ether oxygens (including phenoxy) is 2. The van der Waals surface area contributed by atoms with Crippen LogP contribution in [-0.4, -0.2) is 25.2 Å². The lowest BCUT2D eigenvalue weighted by Crippen LogP contribution is -2.17. The fourth-order valence-electron chi connectivity index (χ4n) is 3.83. The van der Waals surface area contributed by atoms with E-state index in [2.05, 4.69) is 76.2 Å². The van der Waals surface area contributed by atoms with E-state index in [0.717, 1.165) is 27.8 Å². The van der Waals surface area contributed by atoms with Crippen LogP contribution in [0.1, 0.15) is 30.5 Å². The second-order valence-corrected chi connectivity index (χ2v) is 7.94. The number of hydrogen-bond donors (Lipinski definition) is 0. The molecule has 0 atom stereocenters. The van der Waals surface area contributed by atoms with E-state index in [1.165, 1.54) is 16.5 Å². The molecule has 3 aromatic carbocycles. The second-order valence-electron chi connectivity index (χ2n) is 7.94. The molecule has 4 rings (SSSR count). The molecule has 3 aromatic rings. The largest absolute Gasteiger partial charge is 0.496 e. The number of fused-ring (bicyclic) bond motifs is 1. The maximum Gasteiger partial charge on any atom is 0.221 e. The van der Waals surface area contributed by atoms with Crippen LogP contribution in [0.15, 0.2) is 53.5 Å². The molecule has 0 amide bonds. The van der Waals surface area contributed by atoms with Crippen LogP contribution in [-0.2, 0) is 4.74 Å². The lowest BCUT2D eigenvalue weighted by atomic mass is 9.90. The van der Waals surface area contributed by atoms with Gasteiger partial charge in [-0.05, 0) is 50.1 Å². The maximum absolute atomic E-state index is 6.04. The van der Waals surface area contributed by atoms with Gasteiger partial charge in [0.1, 0.15) is 12.4 Å². The van der Waals surface area contributed by atoms with E-state index in [1.54, 1.807) is 7.11 Å². The highest BCUT2D eigenvalue weighted by Gasteiger charge is 2.31. The van der Waals surface area contributed by atoms with Gasteiger partial charge in [-0.25, -0.2) is 4.99 Å². The van der Waals surface area contributed by atoms with E-state index in [4.69, 9.17) is 14.5 Å². The quantitative estimate of drug-likeness (QED) is 0.602. The average Bonchev–Trinajstić information content (AvgIpc) is 2.98. The zero-order valence-electron chi connectivity index (χ0n) is 16.6. The molecule has 0 saturated carbocycles. The molecule has 138 valence electrons. The van der Waals surface area contributed by atoms with Gasteiger partial charge in [0.15, 0.2) is 0 Å². The van der Waals surface area contributed by atoms with E-state index in [1.807, 2.05) is 0 Å². The van der Waals surface area contributed by atoms with Crippen LogP contribution in [0.25, 0.3) is 21.9 Å². The number of aryl methyl sites for hydroxylation is 2. The van der Waals surface area contributed by atoms with Gasteiger partial charge in [-0.1, -0.05) is 53.6 Å². The predicted molar refractivity (Wildman–Crippen MR) is 112 cm³/mol. The predicted octanol–water partition coefficient (Wildman–Crippen LogP) is 5.69. The second kappa shape index (κ2) is 6.41. The number of aliphatic imine (C=N–C) groups is 1. The normalized spacial score (nSPS) is 15.5. The van der Waals surface area contributed by atoms with Crippen molar-refractivity contribution in [3.05, 3.63) is 65.2 Å². The molecule has 1 heterocycles. The zero-order valence-corrected chi connectivity index (χ0v) is 16.6. The van der Waals surface area contributed by atoms with Crippen LogP contribution < -0.4 is 4.74 Å². The average molecular weight is 359 g/mol. The highest BCUT2D eigenvalue weighted by molar-refractivity contribution is 6.12. The van der Waals surface area contributed by atoms with Crippen LogP contribution >= 0.6 is 0 Å². The number of nitrogens with zero attached hydrogens (tertiary/aromatic N) is 1. The molecule has 3 nitrogen and oxygen atoms in total. The molecule has 0 aliphatic carbocycles. The van der Waals surface area contributed by atoms with Crippen molar-refractivity contribution in [1.29, 1.82) is 0 Å². The molecule has 0 bridgehead atoms. The molecule has 1 aliphatic heterocycles. The molecular weight excluding hydrogens is 334 g/mol. The van der Waals surface area contributed by atoms with E-state index >= 15 is 0 Å². The Morgan fingerprint density at radius 3 is 2.30 bits per heavy atom. The Labute approximate surface area is 160 Å². The van der Waals surface area contributed by atoms with Crippen molar-refractivity contribution in [1.82, 2.24) is 0 Å². The first kappa shape index (κ1) is 17.6. The summed E-state index contributed by atoms with van der Waals surface area (Å²) in [5, 5.41) is 2.32. The monoisotopic (exact) mass is 359 g/mol. The Balaban J connectivity index is 2.12. The van der Waals surface area contributed by atoms with Crippen molar-refractivity contribution in [2.45, 2.75) is 33.2 Å². The molecule has 0 aromatic heterocycles. The lowest BCUT2D eigenvalue weighted by molar-refractivity contribution is 0.278. The fraction of sp³-hybridized carbons (Fsp3) is 0.292. The number of methoxy groups -OCH3 is 1. The lowest BCUT2D eigenvalue weighted by Gasteiger charge is -2.18. The summed E-state index contributed by atoms with van der Waals surface area (Å²) in [7, 11) is 1.71. The topological polar surface area (TPSA) is 30.8 Å². The Kier molecular flexibility index (Phi) is 4.18. The van der Waals surface area contributed by atoms with Crippen LogP contribution in [0, 0.1) is 13.8 Å². The van der Waals surface area contributed by atoms with Gasteiger partial charge in [0.25, 0.3) is 0 Å². The Morgan fingerprint density at radius 2 is 1.67 bits per heavy atom. The minimum absolute atomic E-state index is 0.230. The maximum atomic E-state index is 6.04. The summed E-state index contributed by atoms with van der Waals surface area (Å²) in [5.74, 6) is 1.45. The van der Waals surface area contributed by atoms with Crippen LogP contribution in [0.4, 0.5) is 0 Å². The summed E-state index contributed by atoms with van der Waals surface area (Å²) < 4.78 is 11.8. The molecular formula is C24H25NO2. The zero-order chi connectivity index (χ0) is 19.2. The SMILES string of the molecule is COc1cc2ccccc2c(-c2cc(C)cc(C)c2)c1C1=NC(C)(C)CO1. The third-order valence-corrected chi connectivity index (χ3v) is 4.92. The van der Waals surface area contributed by atoms with Crippen molar-refractivity contribution in [3.8, 4) is 16.9 Å².